The lowest BCUT2D eigenvalue weighted by molar-refractivity contribution is -0.117. The summed E-state index contributed by atoms with van der Waals surface area (Å²) in [7, 11) is 0. The van der Waals surface area contributed by atoms with Crippen LogP contribution in [0.3, 0.4) is 0 Å². The molecule has 4 rings (SSSR count). The van der Waals surface area contributed by atoms with Gasteiger partial charge in [0, 0.05) is 41.9 Å². The molecule has 0 aliphatic heterocycles. The normalized spacial score (nSPS) is 13.5. The van der Waals surface area contributed by atoms with Crippen molar-refractivity contribution in [3.05, 3.63) is 72.2 Å². The first kappa shape index (κ1) is 20.6. The van der Waals surface area contributed by atoms with Crippen LogP contribution in [-0.4, -0.2) is 21.8 Å². The first-order valence-corrected chi connectivity index (χ1v) is 9.82. The van der Waals surface area contributed by atoms with E-state index in [0.717, 1.165) is 19.8 Å². The second-order valence-corrected chi connectivity index (χ2v) is 7.54. The summed E-state index contributed by atoms with van der Waals surface area (Å²) in [5.74, 6) is -3.23. The van der Waals surface area contributed by atoms with Crippen LogP contribution in [0.2, 0.25) is 0 Å². The molecule has 0 radical (unpaired) electrons. The molecule has 158 valence electrons. The van der Waals surface area contributed by atoms with E-state index < -0.39 is 11.8 Å². The zero-order chi connectivity index (χ0) is 22.0. The standard InChI is InChI=1S/C23H20F2N4O2/c1-23(24,25)19-5-3-2-4-18(19)16-10-17(13-26-12-16)28-22(31)15-8-9-27-20(11-15)29-21(30)14-6-7-14/h2-5,8-14H,6-7H2,1H3,(H,28,31)(H,27,29,30). The zero-order valence-corrected chi connectivity index (χ0v) is 16.7. The predicted molar refractivity (Wildman–Crippen MR) is 113 cm³/mol. The Labute approximate surface area is 177 Å². The molecule has 1 aliphatic rings. The van der Waals surface area contributed by atoms with Crippen LogP contribution in [0.1, 0.15) is 35.7 Å². The van der Waals surface area contributed by atoms with Crippen molar-refractivity contribution in [2.24, 2.45) is 5.92 Å². The van der Waals surface area contributed by atoms with Crippen LogP contribution < -0.4 is 10.6 Å². The van der Waals surface area contributed by atoms with Crippen molar-refractivity contribution in [2.75, 3.05) is 10.6 Å². The fourth-order valence-corrected chi connectivity index (χ4v) is 3.19. The van der Waals surface area contributed by atoms with Gasteiger partial charge in [-0.05, 0) is 36.6 Å². The van der Waals surface area contributed by atoms with Crippen LogP contribution in [0.4, 0.5) is 20.3 Å². The van der Waals surface area contributed by atoms with Crippen molar-refractivity contribution < 1.29 is 18.4 Å². The van der Waals surface area contributed by atoms with Crippen molar-refractivity contribution in [1.29, 1.82) is 0 Å². The number of anilines is 2. The number of nitrogens with one attached hydrogen (secondary N) is 2. The first-order chi connectivity index (χ1) is 14.8. The van der Waals surface area contributed by atoms with Gasteiger partial charge in [-0.2, -0.15) is 0 Å². The summed E-state index contributed by atoms with van der Waals surface area (Å²) >= 11 is 0. The molecule has 1 aromatic carbocycles. The lowest BCUT2D eigenvalue weighted by Crippen LogP contribution is -2.16. The van der Waals surface area contributed by atoms with E-state index >= 15 is 0 Å². The van der Waals surface area contributed by atoms with Gasteiger partial charge >= 0.3 is 0 Å². The number of hydrogen-bond acceptors (Lipinski definition) is 4. The highest BCUT2D eigenvalue weighted by Crippen LogP contribution is 2.36. The summed E-state index contributed by atoms with van der Waals surface area (Å²) in [5, 5.41) is 5.41. The quantitative estimate of drug-likeness (QED) is 0.594. The van der Waals surface area contributed by atoms with E-state index in [1.54, 1.807) is 24.3 Å². The van der Waals surface area contributed by atoms with Gasteiger partial charge in [-0.25, -0.2) is 13.8 Å². The molecule has 0 atom stereocenters. The number of benzene rings is 1. The average Bonchev–Trinajstić information content (AvgIpc) is 3.59. The molecule has 3 aromatic rings. The van der Waals surface area contributed by atoms with Gasteiger partial charge in [-0.1, -0.05) is 24.3 Å². The number of carbonyl (C=O) groups excluding carboxylic acids is 2. The van der Waals surface area contributed by atoms with Gasteiger partial charge in [0.05, 0.1) is 11.9 Å². The highest BCUT2D eigenvalue weighted by molar-refractivity contribution is 6.05. The molecule has 8 heteroatoms. The fourth-order valence-electron chi connectivity index (χ4n) is 3.19. The maximum Gasteiger partial charge on any atom is 0.271 e. The molecular weight excluding hydrogens is 402 g/mol. The highest BCUT2D eigenvalue weighted by atomic mass is 19.3. The third-order valence-corrected chi connectivity index (χ3v) is 4.93. The number of hydrogen-bond donors (Lipinski definition) is 2. The van der Waals surface area contributed by atoms with Crippen LogP contribution >= 0.6 is 0 Å². The summed E-state index contributed by atoms with van der Waals surface area (Å²) in [5.41, 5.74) is 1.34. The largest absolute Gasteiger partial charge is 0.321 e. The average molecular weight is 422 g/mol. The molecule has 2 N–H and O–H groups in total. The van der Waals surface area contributed by atoms with Crippen molar-refractivity contribution in [3.8, 4) is 11.1 Å². The molecule has 1 aliphatic carbocycles. The number of amides is 2. The molecule has 0 bridgehead atoms. The second kappa shape index (κ2) is 8.22. The second-order valence-electron chi connectivity index (χ2n) is 7.54. The summed E-state index contributed by atoms with van der Waals surface area (Å²) < 4.78 is 28.0. The van der Waals surface area contributed by atoms with Crippen LogP contribution in [0.15, 0.2) is 61.1 Å². The minimum atomic E-state index is -3.02. The molecule has 0 spiro atoms. The van der Waals surface area contributed by atoms with Crippen molar-refractivity contribution in [2.45, 2.75) is 25.7 Å². The van der Waals surface area contributed by atoms with Crippen LogP contribution in [0, 0.1) is 5.92 Å². The third-order valence-electron chi connectivity index (χ3n) is 4.93. The van der Waals surface area contributed by atoms with Crippen LogP contribution in [-0.2, 0) is 10.7 Å². The van der Waals surface area contributed by atoms with Crippen LogP contribution in [0.25, 0.3) is 11.1 Å². The molecule has 0 unspecified atom stereocenters. The van der Waals surface area contributed by atoms with E-state index in [2.05, 4.69) is 20.6 Å². The summed E-state index contributed by atoms with van der Waals surface area (Å²) in [6.45, 7) is 0.841. The van der Waals surface area contributed by atoms with Gasteiger partial charge in [0.1, 0.15) is 5.82 Å². The summed E-state index contributed by atoms with van der Waals surface area (Å²) in [6.07, 6.45) is 6.07. The Morgan fingerprint density at radius 2 is 1.84 bits per heavy atom. The van der Waals surface area contributed by atoms with E-state index in [4.69, 9.17) is 0 Å². The minimum Gasteiger partial charge on any atom is -0.321 e. The first-order valence-electron chi connectivity index (χ1n) is 9.82. The van der Waals surface area contributed by atoms with Gasteiger partial charge in [0.25, 0.3) is 11.8 Å². The number of alkyl halides is 2. The number of pyridine rings is 2. The predicted octanol–water partition coefficient (Wildman–Crippen LogP) is 4.86. The number of halogens is 2. The fraction of sp³-hybridized carbons (Fsp3) is 0.217. The van der Waals surface area contributed by atoms with E-state index in [9.17, 15) is 18.4 Å². The Hall–Kier alpha value is -3.68. The Morgan fingerprint density at radius 3 is 2.58 bits per heavy atom. The lowest BCUT2D eigenvalue weighted by atomic mass is 9.97. The van der Waals surface area contributed by atoms with Gasteiger partial charge in [-0.15, -0.1) is 0 Å². The molecule has 0 saturated heterocycles. The Kier molecular flexibility index (Phi) is 5.46. The maximum atomic E-state index is 14.0. The zero-order valence-electron chi connectivity index (χ0n) is 16.7. The maximum absolute atomic E-state index is 14.0. The Morgan fingerprint density at radius 1 is 1.06 bits per heavy atom. The molecule has 2 aromatic heterocycles. The molecule has 31 heavy (non-hydrogen) atoms. The number of nitrogens with zero attached hydrogens (tertiary/aromatic N) is 2. The topological polar surface area (TPSA) is 84.0 Å². The van der Waals surface area contributed by atoms with Crippen molar-refractivity contribution >= 4 is 23.3 Å². The smallest absolute Gasteiger partial charge is 0.271 e. The molecule has 1 fully saturated rings. The third kappa shape index (κ3) is 4.91. The summed E-state index contributed by atoms with van der Waals surface area (Å²) in [6, 6.07) is 10.8. The van der Waals surface area contributed by atoms with Gasteiger partial charge in [0.15, 0.2) is 0 Å². The van der Waals surface area contributed by atoms with E-state index in [1.165, 1.54) is 36.8 Å². The number of rotatable bonds is 6. The summed E-state index contributed by atoms with van der Waals surface area (Å²) in [4.78, 5) is 32.7. The number of aromatic nitrogens is 2. The minimum absolute atomic E-state index is 0.0199. The molecule has 2 amide bonds. The van der Waals surface area contributed by atoms with Crippen molar-refractivity contribution in [3.63, 3.8) is 0 Å². The Balaban J connectivity index is 1.54. The molecule has 2 heterocycles. The SMILES string of the molecule is CC(F)(F)c1ccccc1-c1cncc(NC(=O)c2ccnc(NC(=O)C3CC3)c2)c1. The molecular formula is C23H20F2N4O2. The van der Waals surface area contributed by atoms with Crippen molar-refractivity contribution in [1.82, 2.24) is 9.97 Å². The number of carbonyl (C=O) groups is 2. The van der Waals surface area contributed by atoms with Crippen LogP contribution in [0.5, 0.6) is 0 Å². The molecule has 1 saturated carbocycles. The monoisotopic (exact) mass is 422 g/mol. The van der Waals surface area contributed by atoms with Gasteiger partial charge in [-0.3, -0.25) is 14.6 Å². The lowest BCUT2D eigenvalue weighted by Gasteiger charge is -2.16. The van der Waals surface area contributed by atoms with E-state index in [1.807, 2.05) is 0 Å². The molecule has 6 nitrogen and oxygen atoms in total. The van der Waals surface area contributed by atoms with E-state index in [0.29, 0.717) is 28.2 Å². The highest BCUT2D eigenvalue weighted by Gasteiger charge is 2.30. The van der Waals surface area contributed by atoms with E-state index in [-0.39, 0.29) is 17.4 Å². The van der Waals surface area contributed by atoms with Gasteiger partial charge in [0.2, 0.25) is 5.91 Å². The Bertz CT molecular complexity index is 1140. The van der Waals surface area contributed by atoms with Gasteiger partial charge < -0.3 is 10.6 Å².